The molecular weight excluding hydrogens is 718 g/mol. The first kappa shape index (κ1) is 43.1. The van der Waals surface area contributed by atoms with Crippen LogP contribution in [0.3, 0.4) is 0 Å². The van der Waals surface area contributed by atoms with Gasteiger partial charge in [0.25, 0.3) is 0 Å². The monoisotopic (exact) mass is 768 g/mol. The molecule has 2 saturated carbocycles. The van der Waals surface area contributed by atoms with Gasteiger partial charge in [-0.25, -0.2) is 0 Å². The van der Waals surface area contributed by atoms with Crippen LogP contribution in [0.5, 0.6) is 0 Å². The van der Waals surface area contributed by atoms with Gasteiger partial charge in [0, 0.05) is 19.0 Å². The number of rotatable bonds is 7. The summed E-state index contributed by atoms with van der Waals surface area (Å²) < 4.78 is 77.6. The second-order valence-corrected chi connectivity index (χ2v) is 14.5. The van der Waals surface area contributed by atoms with Crippen LogP contribution in [0.2, 0.25) is 0 Å². The van der Waals surface area contributed by atoms with Gasteiger partial charge in [-0.3, -0.25) is 9.59 Å². The molecule has 296 valence electrons. The summed E-state index contributed by atoms with van der Waals surface area (Å²) in [6.45, 7) is 4.07. The number of aliphatic carboxylic acids is 1. The Balaban J connectivity index is 0.000000207. The van der Waals surface area contributed by atoms with Crippen molar-refractivity contribution in [3.63, 3.8) is 0 Å². The number of halogens is 6. The molecule has 2 aliphatic rings. The van der Waals surface area contributed by atoms with Crippen LogP contribution in [0.1, 0.15) is 97.6 Å². The molecule has 0 aliphatic heterocycles. The summed E-state index contributed by atoms with van der Waals surface area (Å²) in [6, 6.07) is 22.7. The van der Waals surface area contributed by atoms with Crippen LogP contribution in [0.4, 0.5) is 26.3 Å². The van der Waals surface area contributed by atoms with E-state index in [2.05, 4.69) is 5.32 Å². The first-order valence-electron chi connectivity index (χ1n) is 18.8. The number of hydrogen-bond acceptors (Lipinski definition) is 3. The highest BCUT2D eigenvalue weighted by atomic mass is 19.4. The standard InChI is InChI=1S/C22H24F3NO.C15H14F3N.C7H12O2/c1-15-10-19(13-20(11-15)22(23,24)25)18-9-5-6-16(12-18)14-26-21(27)17-7-3-2-4-8-17;1-10-5-13(8-14(6-10)15(16,17)18)12-4-2-3-11(7-12)9-19;8-7(9)6-4-2-1-3-5-6/h5-6,9-13,17H,2-4,7-8,14H2,1H3,(H,26,27);2-8H,9,19H2,1H3;6H,1-5H2,(H,8,9). The van der Waals surface area contributed by atoms with Crippen LogP contribution in [-0.4, -0.2) is 17.0 Å². The summed E-state index contributed by atoms with van der Waals surface area (Å²) in [5, 5.41) is 11.5. The molecule has 0 unspecified atom stereocenters. The van der Waals surface area contributed by atoms with Gasteiger partial charge in [-0.15, -0.1) is 0 Å². The van der Waals surface area contributed by atoms with Crippen molar-refractivity contribution in [2.45, 2.75) is 103 Å². The van der Waals surface area contributed by atoms with Gasteiger partial charge in [0.05, 0.1) is 17.0 Å². The van der Waals surface area contributed by atoms with Gasteiger partial charge >= 0.3 is 18.3 Å². The Kier molecular flexibility index (Phi) is 15.5. The van der Waals surface area contributed by atoms with Crippen molar-refractivity contribution in [2.24, 2.45) is 17.6 Å². The highest BCUT2D eigenvalue weighted by molar-refractivity contribution is 5.78. The molecule has 5 nitrogen and oxygen atoms in total. The molecule has 0 atom stereocenters. The maximum atomic E-state index is 13.1. The van der Waals surface area contributed by atoms with Crippen molar-refractivity contribution >= 4 is 11.9 Å². The molecule has 55 heavy (non-hydrogen) atoms. The van der Waals surface area contributed by atoms with E-state index in [4.69, 9.17) is 10.8 Å². The summed E-state index contributed by atoms with van der Waals surface area (Å²) in [6.07, 6.45) is 1.82. The number of carbonyl (C=O) groups is 2. The number of carboxylic acid groups (broad SMARTS) is 1. The van der Waals surface area contributed by atoms with Gasteiger partial charge in [-0.1, -0.05) is 87.1 Å². The van der Waals surface area contributed by atoms with Gasteiger partial charge < -0.3 is 16.2 Å². The van der Waals surface area contributed by atoms with E-state index in [1.165, 1.54) is 25.0 Å². The number of nitrogens with two attached hydrogens (primary N) is 1. The SMILES string of the molecule is Cc1cc(-c2cccc(CN)c2)cc(C(F)(F)F)c1.Cc1cc(-c2cccc(CNC(=O)C3CCCCC3)c2)cc(C(F)(F)F)c1.O=C(O)C1CCCCC1. The molecular formula is C44H50F6N2O3. The van der Waals surface area contributed by atoms with E-state index in [0.717, 1.165) is 80.2 Å². The molecule has 0 heterocycles. The predicted molar refractivity (Wildman–Crippen MR) is 204 cm³/mol. The molecule has 2 aliphatic carbocycles. The normalized spacial score (nSPS) is 15.2. The topological polar surface area (TPSA) is 92.4 Å². The van der Waals surface area contributed by atoms with Crippen molar-refractivity contribution in [3.05, 3.63) is 118 Å². The third-order valence-electron chi connectivity index (χ3n) is 9.96. The third kappa shape index (κ3) is 13.6. The van der Waals surface area contributed by atoms with Crippen molar-refractivity contribution in [2.75, 3.05) is 0 Å². The van der Waals surface area contributed by atoms with Crippen LogP contribution in [0.15, 0.2) is 84.9 Å². The van der Waals surface area contributed by atoms with E-state index < -0.39 is 29.4 Å². The fourth-order valence-corrected chi connectivity index (χ4v) is 7.01. The Bertz CT molecular complexity index is 1880. The average molecular weight is 769 g/mol. The molecule has 4 aromatic carbocycles. The lowest BCUT2D eigenvalue weighted by atomic mass is 9.88. The van der Waals surface area contributed by atoms with Crippen LogP contribution < -0.4 is 11.1 Å². The van der Waals surface area contributed by atoms with Crippen LogP contribution in [0.25, 0.3) is 22.3 Å². The van der Waals surface area contributed by atoms with Gasteiger partial charge in [0.1, 0.15) is 0 Å². The summed E-state index contributed by atoms with van der Waals surface area (Å²) in [5.41, 5.74) is 9.76. The molecule has 0 aromatic heterocycles. The summed E-state index contributed by atoms with van der Waals surface area (Å²) >= 11 is 0. The van der Waals surface area contributed by atoms with E-state index in [9.17, 15) is 35.9 Å². The van der Waals surface area contributed by atoms with E-state index in [1.54, 1.807) is 44.2 Å². The van der Waals surface area contributed by atoms with Crippen LogP contribution >= 0.6 is 0 Å². The second-order valence-electron chi connectivity index (χ2n) is 14.5. The fraction of sp³-hybridized carbons (Fsp3) is 0.409. The Morgan fingerprint density at radius 2 is 1.05 bits per heavy atom. The molecule has 2 fully saturated rings. The molecule has 4 N–H and O–H groups in total. The largest absolute Gasteiger partial charge is 0.481 e. The lowest BCUT2D eigenvalue weighted by Crippen LogP contribution is -2.31. The Morgan fingerprint density at radius 1 is 0.618 bits per heavy atom. The minimum Gasteiger partial charge on any atom is -0.481 e. The van der Waals surface area contributed by atoms with Crippen molar-refractivity contribution in [1.29, 1.82) is 0 Å². The second kappa shape index (κ2) is 19.8. The summed E-state index contributed by atoms with van der Waals surface area (Å²) in [4.78, 5) is 22.6. The fourth-order valence-electron chi connectivity index (χ4n) is 7.01. The number of nitrogens with one attached hydrogen (secondary N) is 1. The van der Waals surface area contributed by atoms with E-state index in [0.29, 0.717) is 40.9 Å². The molecule has 4 aromatic rings. The molecule has 6 rings (SSSR count). The van der Waals surface area contributed by atoms with Crippen molar-refractivity contribution in [3.8, 4) is 22.3 Å². The average Bonchev–Trinajstić information content (AvgIpc) is 3.17. The van der Waals surface area contributed by atoms with Crippen LogP contribution in [-0.2, 0) is 35.0 Å². The number of amides is 1. The first-order chi connectivity index (χ1) is 26.0. The van der Waals surface area contributed by atoms with Crippen molar-refractivity contribution in [1.82, 2.24) is 5.32 Å². The van der Waals surface area contributed by atoms with Gasteiger partial charge in [-0.2, -0.15) is 26.3 Å². The zero-order chi connectivity index (χ0) is 40.2. The van der Waals surface area contributed by atoms with E-state index in [1.807, 2.05) is 30.3 Å². The number of aryl methyl sites for hydroxylation is 2. The van der Waals surface area contributed by atoms with Gasteiger partial charge in [0.2, 0.25) is 5.91 Å². The van der Waals surface area contributed by atoms with Crippen molar-refractivity contribution < 1.29 is 41.0 Å². The first-order valence-corrected chi connectivity index (χ1v) is 18.8. The maximum absolute atomic E-state index is 13.1. The molecule has 0 radical (unpaired) electrons. The maximum Gasteiger partial charge on any atom is 0.416 e. The number of carbonyl (C=O) groups excluding carboxylic acids is 1. The van der Waals surface area contributed by atoms with E-state index in [-0.39, 0.29) is 17.7 Å². The third-order valence-corrected chi connectivity index (χ3v) is 9.96. The smallest absolute Gasteiger partial charge is 0.416 e. The lowest BCUT2D eigenvalue weighted by Gasteiger charge is -2.20. The Labute approximate surface area is 319 Å². The molecule has 0 bridgehead atoms. The number of carboxylic acids is 1. The Hall–Kier alpha value is -4.64. The highest BCUT2D eigenvalue weighted by Gasteiger charge is 2.32. The van der Waals surface area contributed by atoms with Gasteiger partial charge in [-0.05, 0) is 120 Å². The zero-order valence-corrected chi connectivity index (χ0v) is 31.3. The minimum absolute atomic E-state index is 0.0289. The number of alkyl halides is 6. The predicted octanol–water partition coefficient (Wildman–Crippen LogP) is 11.7. The highest BCUT2D eigenvalue weighted by Crippen LogP contribution is 2.35. The number of benzene rings is 4. The lowest BCUT2D eigenvalue weighted by molar-refractivity contribution is -0.143. The minimum atomic E-state index is -4.37. The molecule has 1 amide bonds. The number of hydrogen-bond donors (Lipinski definition) is 3. The van der Waals surface area contributed by atoms with Gasteiger partial charge in [0.15, 0.2) is 0 Å². The van der Waals surface area contributed by atoms with Crippen LogP contribution in [0, 0.1) is 25.7 Å². The Morgan fingerprint density at radius 3 is 1.47 bits per heavy atom. The zero-order valence-electron chi connectivity index (χ0n) is 31.3. The quantitative estimate of drug-likeness (QED) is 0.163. The van der Waals surface area contributed by atoms with E-state index >= 15 is 0 Å². The summed E-state index contributed by atoms with van der Waals surface area (Å²) in [7, 11) is 0. The molecule has 0 spiro atoms. The molecule has 0 saturated heterocycles. The summed E-state index contributed by atoms with van der Waals surface area (Å²) in [5.74, 6) is -0.462. The molecule has 11 heteroatoms.